The maximum atomic E-state index is 13.6. The number of aromatic nitrogens is 2. The predicted molar refractivity (Wildman–Crippen MR) is 152 cm³/mol. The summed E-state index contributed by atoms with van der Waals surface area (Å²) in [6, 6.07) is 0. The van der Waals surface area contributed by atoms with Crippen molar-refractivity contribution >= 4 is 64.0 Å². The number of thioether (sulfide) groups is 1. The summed E-state index contributed by atoms with van der Waals surface area (Å²) < 4.78 is 9.59. The molecule has 4 rings (SSSR count). The third-order valence-electron chi connectivity index (χ3n) is 7.10. The lowest BCUT2D eigenvalue weighted by Crippen LogP contribution is -2.79. The van der Waals surface area contributed by atoms with Crippen molar-refractivity contribution in [2.45, 2.75) is 44.2 Å². The van der Waals surface area contributed by atoms with E-state index >= 15 is 0 Å². The van der Waals surface area contributed by atoms with Gasteiger partial charge in [-0.05, 0) is 27.7 Å². The molecule has 0 bridgehead atoms. The Morgan fingerprint density at radius 2 is 1.88 bits per heavy atom. The molecule has 0 radical (unpaired) electrons. The smallest absolute Gasteiger partial charge is 0.410 e. The van der Waals surface area contributed by atoms with Gasteiger partial charge in [0.05, 0.1) is 25.9 Å². The first-order valence-electron chi connectivity index (χ1n) is 13.1. The molecule has 1 aromatic heterocycles. The van der Waals surface area contributed by atoms with E-state index in [1.165, 1.54) is 18.7 Å². The topological polar surface area (TPSA) is 227 Å². The number of amides is 3. The largest absolute Gasteiger partial charge is 0.479 e. The minimum atomic E-state index is -1.54. The second-order valence-corrected chi connectivity index (χ2v) is 13.3. The molecule has 43 heavy (non-hydrogen) atoms. The molecule has 0 unspecified atom stereocenters. The quantitative estimate of drug-likeness (QED) is 0.124. The van der Waals surface area contributed by atoms with Gasteiger partial charge >= 0.3 is 18.0 Å². The zero-order valence-corrected chi connectivity index (χ0v) is 25.8. The van der Waals surface area contributed by atoms with Gasteiger partial charge in [-0.2, -0.15) is 9.36 Å². The summed E-state index contributed by atoms with van der Waals surface area (Å²) >= 11 is 2.06. The van der Waals surface area contributed by atoms with Crippen molar-refractivity contribution in [2.75, 3.05) is 51.3 Å². The Bertz CT molecular complexity index is 1410. The second kappa shape index (κ2) is 11.6. The van der Waals surface area contributed by atoms with E-state index in [2.05, 4.69) is 19.8 Å². The lowest BCUT2D eigenvalue weighted by molar-refractivity contribution is -0.876. The van der Waals surface area contributed by atoms with Crippen molar-refractivity contribution in [1.82, 2.24) is 24.5 Å². The van der Waals surface area contributed by atoms with Crippen molar-refractivity contribution in [3.8, 4) is 0 Å². The summed E-state index contributed by atoms with van der Waals surface area (Å²) in [6.45, 7) is 7.43. The number of carboxylic acid groups (broad SMARTS) is 2. The number of fused-ring (bicyclic) bond motifs is 1. The predicted octanol–water partition coefficient (Wildman–Crippen LogP) is -0.291. The normalized spacial score (nSPS) is 23.7. The SMILES string of the molecule is CC(C)(C)OC(=O)N1CC[N+](C)(C2=C(C(=O)O)N3C(=O)[C@@](C)(NC(=O)C(=NOCC(=O)O)c4nsc(N)n4)[C@@H]3SC2)CC1. The van der Waals surface area contributed by atoms with Crippen molar-refractivity contribution in [1.29, 1.82) is 0 Å². The number of ether oxygens (including phenoxy) is 1. The number of anilines is 1. The highest BCUT2D eigenvalue weighted by Gasteiger charge is 2.64. The van der Waals surface area contributed by atoms with E-state index in [-0.39, 0.29) is 26.9 Å². The molecule has 0 aliphatic carbocycles. The van der Waals surface area contributed by atoms with E-state index in [1.54, 1.807) is 25.7 Å². The Balaban J connectivity index is 1.54. The molecular weight excluding hydrogens is 608 g/mol. The zero-order valence-electron chi connectivity index (χ0n) is 24.1. The molecule has 2 atom stereocenters. The number of hydrogen-bond acceptors (Lipinski definition) is 13. The first-order valence-corrected chi connectivity index (χ1v) is 14.9. The monoisotopic (exact) mass is 641 g/mol. The third-order valence-corrected chi connectivity index (χ3v) is 9.08. The number of aliphatic carboxylic acids is 2. The van der Waals surface area contributed by atoms with E-state index in [0.29, 0.717) is 31.9 Å². The van der Waals surface area contributed by atoms with Crippen LogP contribution in [0.15, 0.2) is 16.5 Å². The van der Waals surface area contributed by atoms with Crippen LogP contribution in [0.25, 0.3) is 0 Å². The number of carboxylic acids is 2. The maximum absolute atomic E-state index is 13.6. The summed E-state index contributed by atoms with van der Waals surface area (Å²) in [5.74, 6) is -4.22. The number of nitrogens with two attached hydrogens (primary N) is 1. The number of carbonyl (C=O) groups is 5. The van der Waals surface area contributed by atoms with Crippen LogP contribution in [0.3, 0.4) is 0 Å². The molecule has 17 nitrogen and oxygen atoms in total. The Kier molecular flexibility index (Phi) is 8.63. The lowest BCUT2D eigenvalue weighted by atomic mass is 9.88. The number of hydrogen-bond donors (Lipinski definition) is 4. The number of nitrogen functional groups attached to an aromatic ring is 1. The molecule has 2 saturated heterocycles. The molecule has 3 aliphatic rings. The number of rotatable bonds is 8. The highest BCUT2D eigenvalue weighted by Crippen LogP contribution is 2.47. The van der Waals surface area contributed by atoms with Crippen LogP contribution in [-0.2, 0) is 28.8 Å². The Labute approximate surface area is 254 Å². The molecule has 5 N–H and O–H groups in total. The average molecular weight is 642 g/mol. The third kappa shape index (κ3) is 6.37. The van der Waals surface area contributed by atoms with Crippen LogP contribution < -0.4 is 11.1 Å². The van der Waals surface area contributed by atoms with Gasteiger partial charge < -0.3 is 30.8 Å². The summed E-state index contributed by atoms with van der Waals surface area (Å²) in [5, 5.41) is 24.5. The average Bonchev–Trinajstić information content (AvgIpc) is 3.34. The highest BCUT2D eigenvalue weighted by atomic mass is 32.2. The number of nitrogens with zero attached hydrogens (tertiary/aromatic N) is 6. The number of β-lactam (4-membered cyclic amide) rings is 1. The Morgan fingerprint density at radius 1 is 1.23 bits per heavy atom. The number of piperazine rings is 1. The van der Waals surface area contributed by atoms with Gasteiger partial charge in [-0.25, -0.2) is 14.4 Å². The van der Waals surface area contributed by atoms with Crippen LogP contribution in [0.4, 0.5) is 9.93 Å². The van der Waals surface area contributed by atoms with Crippen LogP contribution in [0, 0.1) is 0 Å². The highest BCUT2D eigenvalue weighted by molar-refractivity contribution is 8.00. The molecule has 19 heteroatoms. The molecular formula is C24H33N8O9S2+. The molecule has 0 spiro atoms. The number of oxime groups is 1. The van der Waals surface area contributed by atoms with Crippen LogP contribution in [0.5, 0.6) is 0 Å². The van der Waals surface area contributed by atoms with E-state index in [4.69, 9.17) is 20.4 Å². The van der Waals surface area contributed by atoms with Crippen molar-refractivity contribution in [2.24, 2.45) is 5.16 Å². The molecule has 234 valence electrons. The number of nitrogens with one attached hydrogen (secondary N) is 1. The minimum Gasteiger partial charge on any atom is -0.479 e. The molecule has 0 aromatic carbocycles. The van der Waals surface area contributed by atoms with E-state index in [1.807, 2.05) is 7.05 Å². The Hall–Kier alpha value is -3.97. The van der Waals surface area contributed by atoms with Crippen LogP contribution in [-0.4, -0.2) is 132 Å². The van der Waals surface area contributed by atoms with Gasteiger partial charge in [0.2, 0.25) is 18.1 Å². The Morgan fingerprint density at radius 3 is 2.42 bits per heavy atom. The van der Waals surface area contributed by atoms with E-state index in [0.717, 1.165) is 16.4 Å². The molecule has 3 aliphatic heterocycles. The summed E-state index contributed by atoms with van der Waals surface area (Å²) in [7, 11) is 1.86. The van der Waals surface area contributed by atoms with E-state index < -0.39 is 58.7 Å². The van der Waals surface area contributed by atoms with Crippen LogP contribution in [0.1, 0.15) is 33.5 Å². The minimum absolute atomic E-state index is 0.0148. The van der Waals surface area contributed by atoms with Gasteiger partial charge in [0, 0.05) is 11.5 Å². The maximum Gasteiger partial charge on any atom is 0.410 e. The number of carbonyl (C=O) groups excluding carboxylic acids is 3. The van der Waals surface area contributed by atoms with Crippen molar-refractivity contribution in [3.63, 3.8) is 0 Å². The summed E-state index contributed by atoms with van der Waals surface area (Å²) in [6.07, 6.45) is -0.444. The van der Waals surface area contributed by atoms with Crippen LogP contribution in [0.2, 0.25) is 0 Å². The molecule has 1 aromatic rings. The molecule has 2 fully saturated rings. The van der Waals surface area contributed by atoms with Gasteiger partial charge in [0.25, 0.3) is 11.8 Å². The fourth-order valence-corrected chi connectivity index (χ4v) is 6.92. The van der Waals surface area contributed by atoms with Gasteiger partial charge in [0.15, 0.2) is 16.5 Å². The molecule has 3 amide bonds. The standard InChI is InChI=1S/C24H32N8O9S2/c1-23(2,3)41-22(39)30-6-8-32(5,9-7-30)12-11-42-20-24(4,19(38)31(20)15(12)18(36)37)27-17(35)14(28-40-10-13(33)34)16-26-21(25)43-29-16/h20H,6-11H2,1-5H3,(H4-,25,26,27,29,33,34,35,36,37)/p+1/t20-,24+/m0/s1. The summed E-state index contributed by atoms with van der Waals surface area (Å²) in [5.41, 5.74) is 3.27. The van der Waals surface area contributed by atoms with Gasteiger partial charge in [-0.15, -0.1) is 11.8 Å². The van der Waals surface area contributed by atoms with Gasteiger partial charge in [0.1, 0.15) is 29.6 Å². The first-order chi connectivity index (χ1) is 20.0. The first kappa shape index (κ1) is 32.0. The van der Waals surface area contributed by atoms with Crippen molar-refractivity contribution < 1.29 is 48.2 Å². The lowest BCUT2D eigenvalue weighted by Gasteiger charge is -2.56. The second-order valence-electron chi connectivity index (χ2n) is 11.5. The molecule has 4 heterocycles. The fraction of sp³-hybridized carbons (Fsp3) is 0.583. The number of likely N-dealkylation sites (N-methyl/N-ethyl adjacent to an activating group) is 1. The molecule has 0 saturated carbocycles. The van der Waals surface area contributed by atoms with Crippen molar-refractivity contribution in [3.05, 3.63) is 17.2 Å². The van der Waals surface area contributed by atoms with E-state index in [9.17, 15) is 29.1 Å². The number of quaternary nitrogens is 1. The fourth-order valence-electron chi connectivity index (χ4n) is 4.88. The zero-order chi connectivity index (χ0) is 31.9. The van der Waals surface area contributed by atoms with Gasteiger partial charge in [-0.3, -0.25) is 23.9 Å². The summed E-state index contributed by atoms with van der Waals surface area (Å²) in [4.78, 5) is 74.1. The van der Waals surface area contributed by atoms with Crippen LogP contribution >= 0.6 is 23.3 Å². The van der Waals surface area contributed by atoms with Gasteiger partial charge in [-0.1, -0.05) is 5.16 Å².